The number of furan rings is 1. The van der Waals surface area contributed by atoms with Crippen LogP contribution >= 0.6 is 23.2 Å². The SMILES string of the molecule is CCc1cc(Cl)c(NC(=O)c2coc3ccccc23)cc1Cl. The fourth-order valence-electron chi connectivity index (χ4n) is 2.30. The van der Waals surface area contributed by atoms with Crippen molar-refractivity contribution >= 4 is 45.8 Å². The van der Waals surface area contributed by atoms with Crippen LogP contribution in [0.25, 0.3) is 11.0 Å². The van der Waals surface area contributed by atoms with E-state index in [2.05, 4.69) is 5.32 Å². The second kappa shape index (κ2) is 6.03. The molecule has 22 heavy (non-hydrogen) atoms. The normalized spacial score (nSPS) is 10.9. The van der Waals surface area contributed by atoms with Crippen LogP contribution < -0.4 is 5.32 Å². The fraction of sp³-hybridized carbons (Fsp3) is 0.118. The molecule has 0 unspecified atom stereocenters. The minimum Gasteiger partial charge on any atom is -0.463 e. The third-order valence-corrected chi connectivity index (χ3v) is 4.16. The second-order valence-electron chi connectivity index (χ2n) is 4.88. The van der Waals surface area contributed by atoms with E-state index in [9.17, 15) is 4.79 Å². The summed E-state index contributed by atoms with van der Waals surface area (Å²) in [6.45, 7) is 1.99. The van der Waals surface area contributed by atoms with Crippen molar-refractivity contribution in [3.8, 4) is 0 Å². The van der Waals surface area contributed by atoms with Crippen molar-refractivity contribution in [1.82, 2.24) is 0 Å². The Morgan fingerprint density at radius 3 is 2.73 bits per heavy atom. The molecule has 5 heteroatoms. The molecule has 0 fully saturated rings. The molecule has 3 rings (SSSR count). The summed E-state index contributed by atoms with van der Waals surface area (Å²) < 4.78 is 5.38. The number of carbonyl (C=O) groups is 1. The molecular formula is C17H13Cl2NO2. The highest BCUT2D eigenvalue weighted by Gasteiger charge is 2.15. The highest BCUT2D eigenvalue weighted by Crippen LogP contribution is 2.30. The topological polar surface area (TPSA) is 42.2 Å². The van der Waals surface area contributed by atoms with Gasteiger partial charge in [0.1, 0.15) is 11.8 Å². The maximum absolute atomic E-state index is 12.4. The Balaban J connectivity index is 1.93. The molecule has 112 valence electrons. The van der Waals surface area contributed by atoms with Crippen molar-refractivity contribution in [3.05, 3.63) is 63.8 Å². The number of para-hydroxylation sites is 1. The van der Waals surface area contributed by atoms with Crippen LogP contribution in [0.15, 0.2) is 47.1 Å². The van der Waals surface area contributed by atoms with Crippen LogP contribution in [0.4, 0.5) is 5.69 Å². The Morgan fingerprint density at radius 2 is 1.95 bits per heavy atom. The van der Waals surface area contributed by atoms with Crippen LogP contribution in [0.3, 0.4) is 0 Å². The van der Waals surface area contributed by atoms with E-state index in [1.54, 1.807) is 12.1 Å². The Labute approximate surface area is 137 Å². The van der Waals surface area contributed by atoms with Crippen molar-refractivity contribution in [2.24, 2.45) is 0 Å². The first-order valence-corrected chi connectivity index (χ1v) is 7.61. The first-order valence-electron chi connectivity index (χ1n) is 6.85. The van der Waals surface area contributed by atoms with Crippen molar-refractivity contribution in [3.63, 3.8) is 0 Å². The second-order valence-corrected chi connectivity index (χ2v) is 5.69. The van der Waals surface area contributed by atoms with E-state index in [1.807, 2.05) is 31.2 Å². The van der Waals surface area contributed by atoms with Crippen LogP contribution in [-0.2, 0) is 6.42 Å². The summed E-state index contributed by atoms with van der Waals surface area (Å²) in [6, 6.07) is 10.8. The van der Waals surface area contributed by atoms with E-state index in [0.29, 0.717) is 26.9 Å². The number of carbonyl (C=O) groups excluding carboxylic acids is 1. The third-order valence-electron chi connectivity index (χ3n) is 3.49. The molecule has 0 bridgehead atoms. The van der Waals surface area contributed by atoms with Gasteiger partial charge >= 0.3 is 0 Å². The molecule has 0 aliphatic rings. The van der Waals surface area contributed by atoms with Crippen molar-refractivity contribution in [2.45, 2.75) is 13.3 Å². The first-order chi connectivity index (χ1) is 10.6. The summed E-state index contributed by atoms with van der Waals surface area (Å²) in [5.41, 5.74) is 2.55. The molecule has 3 aromatic rings. The number of rotatable bonds is 3. The summed E-state index contributed by atoms with van der Waals surface area (Å²) in [7, 11) is 0. The molecule has 3 nitrogen and oxygen atoms in total. The number of anilines is 1. The smallest absolute Gasteiger partial charge is 0.259 e. The van der Waals surface area contributed by atoms with E-state index < -0.39 is 0 Å². The number of fused-ring (bicyclic) bond motifs is 1. The van der Waals surface area contributed by atoms with Gasteiger partial charge in [-0.2, -0.15) is 0 Å². The molecule has 0 spiro atoms. The lowest BCUT2D eigenvalue weighted by Crippen LogP contribution is -2.11. The van der Waals surface area contributed by atoms with E-state index in [0.717, 1.165) is 17.4 Å². The van der Waals surface area contributed by atoms with Gasteiger partial charge in [0.25, 0.3) is 5.91 Å². The molecule has 1 heterocycles. The third kappa shape index (κ3) is 2.70. The molecule has 1 amide bonds. The fourth-order valence-corrected chi connectivity index (χ4v) is 2.83. The van der Waals surface area contributed by atoms with Gasteiger partial charge in [0.2, 0.25) is 0 Å². The van der Waals surface area contributed by atoms with Gasteiger partial charge in [0, 0.05) is 10.4 Å². The standard InChI is InChI=1S/C17H13Cl2NO2/c1-2-10-7-14(19)15(8-13(10)18)20-17(21)12-9-22-16-6-4-3-5-11(12)16/h3-9H,2H2,1H3,(H,20,21). The van der Waals surface area contributed by atoms with Crippen LogP contribution in [0, 0.1) is 0 Å². The first kappa shape index (κ1) is 14.9. The molecule has 0 saturated heterocycles. The molecule has 2 aromatic carbocycles. The van der Waals surface area contributed by atoms with E-state index in [-0.39, 0.29) is 5.91 Å². The number of nitrogens with one attached hydrogen (secondary N) is 1. The molecular weight excluding hydrogens is 321 g/mol. The molecule has 0 aliphatic carbocycles. The van der Waals surface area contributed by atoms with Gasteiger partial charge in [-0.25, -0.2) is 0 Å². The molecule has 0 atom stereocenters. The van der Waals surface area contributed by atoms with E-state index in [1.165, 1.54) is 6.26 Å². The Morgan fingerprint density at radius 1 is 1.18 bits per heavy atom. The highest BCUT2D eigenvalue weighted by molar-refractivity contribution is 6.36. The van der Waals surface area contributed by atoms with Gasteiger partial charge in [-0.3, -0.25) is 4.79 Å². The summed E-state index contributed by atoms with van der Waals surface area (Å²) in [6.07, 6.45) is 2.22. The van der Waals surface area contributed by atoms with Crippen LogP contribution in [0.2, 0.25) is 10.0 Å². The van der Waals surface area contributed by atoms with Gasteiger partial charge in [0.05, 0.1) is 16.3 Å². The van der Waals surface area contributed by atoms with E-state index in [4.69, 9.17) is 27.6 Å². The summed E-state index contributed by atoms with van der Waals surface area (Å²) in [5, 5.41) is 4.58. The molecule has 0 radical (unpaired) electrons. The lowest BCUT2D eigenvalue weighted by molar-refractivity contribution is 0.102. The quantitative estimate of drug-likeness (QED) is 0.682. The van der Waals surface area contributed by atoms with Crippen LogP contribution in [0.1, 0.15) is 22.8 Å². The van der Waals surface area contributed by atoms with Crippen LogP contribution in [0.5, 0.6) is 0 Å². The summed E-state index contributed by atoms with van der Waals surface area (Å²) in [5.74, 6) is -0.285. The Bertz CT molecular complexity index is 855. The van der Waals surface area contributed by atoms with Gasteiger partial charge in [-0.05, 0) is 30.2 Å². The van der Waals surface area contributed by atoms with E-state index >= 15 is 0 Å². The monoisotopic (exact) mass is 333 g/mol. The number of halogens is 2. The average Bonchev–Trinajstić information content (AvgIpc) is 2.94. The number of hydrogen-bond acceptors (Lipinski definition) is 2. The van der Waals surface area contributed by atoms with Gasteiger partial charge < -0.3 is 9.73 Å². The van der Waals surface area contributed by atoms with Crippen LogP contribution in [-0.4, -0.2) is 5.91 Å². The lowest BCUT2D eigenvalue weighted by Gasteiger charge is -2.09. The zero-order chi connectivity index (χ0) is 15.7. The van der Waals surface area contributed by atoms with Crippen molar-refractivity contribution in [1.29, 1.82) is 0 Å². The minimum absolute atomic E-state index is 0.285. The van der Waals surface area contributed by atoms with Crippen molar-refractivity contribution < 1.29 is 9.21 Å². The number of benzene rings is 2. The maximum Gasteiger partial charge on any atom is 0.259 e. The molecule has 1 N–H and O–H groups in total. The minimum atomic E-state index is -0.285. The largest absolute Gasteiger partial charge is 0.463 e. The molecule has 1 aromatic heterocycles. The van der Waals surface area contributed by atoms with Gasteiger partial charge in [-0.15, -0.1) is 0 Å². The highest BCUT2D eigenvalue weighted by atomic mass is 35.5. The summed E-state index contributed by atoms with van der Waals surface area (Å²) >= 11 is 12.4. The zero-order valence-corrected chi connectivity index (χ0v) is 13.3. The maximum atomic E-state index is 12.4. The number of amides is 1. The lowest BCUT2D eigenvalue weighted by atomic mass is 10.1. The molecule has 0 aliphatic heterocycles. The predicted molar refractivity (Wildman–Crippen MR) is 90.0 cm³/mol. The average molecular weight is 334 g/mol. The molecule has 0 saturated carbocycles. The predicted octanol–water partition coefficient (Wildman–Crippen LogP) is 5.55. The zero-order valence-electron chi connectivity index (χ0n) is 11.8. The van der Waals surface area contributed by atoms with Gasteiger partial charge in [-0.1, -0.05) is 48.3 Å². The number of hydrogen-bond donors (Lipinski definition) is 1. The van der Waals surface area contributed by atoms with Gasteiger partial charge in [0.15, 0.2) is 0 Å². The number of aryl methyl sites for hydroxylation is 1. The summed E-state index contributed by atoms with van der Waals surface area (Å²) in [4.78, 5) is 12.4. The Kier molecular flexibility index (Phi) is 4.10. The Hall–Kier alpha value is -1.97. The van der Waals surface area contributed by atoms with Crippen molar-refractivity contribution in [2.75, 3.05) is 5.32 Å².